The molecule has 2 unspecified atom stereocenters. The van der Waals surface area contributed by atoms with Gasteiger partial charge in [0, 0.05) is 0 Å². The molecule has 2 N–H and O–H groups in total. The van der Waals surface area contributed by atoms with Gasteiger partial charge in [0.25, 0.3) is 0 Å². The molecule has 0 aromatic rings. The van der Waals surface area contributed by atoms with Crippen LogP contribution in [0, 0.1) is 5.92 Å². The Kier molecular flexibility index (Phi) is 5.40. The van der Waals surface area contributed by atoms with E-state index >= 15 is 0 Å². The molecule has 4 heteroatoms. The fourth-order valence-electron chi connectivity index (χ4n) is 2.34. The molecule has 2 atom stereocenters. The fraction of sp³-hybridized carbons (Fsp3) is 0.923. The Hall–Kier alpha value is -0.610. The Morgan fingerprint density at radius 1 is 1.47 bits per heavy atom. The predicted molar refractivity (Wildman–Crippen MR) is 66.6 cm³/mol. The van der Waals surface area contributed by atoms with Crippen LogP contribution in [0.1, 0.15) is 46.5 Å². The highest BCUT2D eigenvalue weighted by atomic mass is 16.6. The largest absolute Gasteiger partial charge is 0.462 e. The van der Waals surface area contributed by atoms with Crippen LogP contribution in [-0.4, -0.2) is 30.8 Å². The minimum atomic E-state index is -0.768. The minimum Gasteiger partial charge on any atom is -0.462 e. The first-order valence-electron chi connectivity index (χ1n) is 6.52. The van der Waals surface area contributed by atoms with Gasteiger partial charge < -0.3 is 15.2 Å². The van der Waals surface area contributed by atoms with E-state index in [2.05, 4.69) is 6.92 Å². The molecule has 1 aliphatic rings. The SMILES string of the molecule is CC1CCCC(N)(C(=O)OCCOC(C)C)C1. The summed E-state index contributed by atoms with van der Waals surface area (Å²) >= 11 is 0. The van der Waals surface area contributed by atoms with Crippen LogP contribution in [0.4, 0.5) is 0 Å². The van der Waals surface area contributed by atoms with Gasteiger partial charge in [-0.2, -0.15) is 0 Å². The number of hydrogen-bond acceptors (Lipinski definition) is 4. The molecule has 1 saturated carbocycles. The number of nitrogens with two attached hydrogens (primary N) is 1. The van der Waals surface area contributed by atoms with Crippen LogP contribution < -0.4 is 5.73 Å². The summed E-state index contributed by atoms with van der Waals surface area (Å²) in [6, 6.07) is 0. The Morgan fingerprint density at radius 3 is 2.76 bits per heavy atom. The van der Waals surface area contributed by atoms with Gasteiger partial charge in [-0.15, -0.1) is 0 Å². The van der Waals surface area contributed by atoms with Crippen LogP contribution in [0.25, 0.3) is 0 Å². The third-order valence-corrected chi connectivity index (χ3v) is 3.21. The Balaban J connectivity index is 2.30. The van der Waals surface area contributed by atoms with Crippen LogP contribution in [0.2, 0.25) is 0 Å². The van der Waals surface area contributed by atoms with Crippen LogP contribution in [0.15, 0.2) is 0 Å². The average Bonchev–Trinajstić information content (AvgIpc) is 2.23. The molecule has 0 heterocycles. The first kappa shape index (κ1) is 14.5. The van der Waals surface area contributed by atoms with Crippen LogP contribution >= 0.6 is 0 Å². The molecule has 0 radical (unpaired) electrons. The second-order valence-corrected chi connectivity index (χ2v) is 5.41. The second kappa shape index (κ2) is 6.36. The van der Waals surface area contributed by atoms with Gasteiger partial charge in [0.2, 0.25) is 0 Å². The summed E-state index contributed by atoms with van der Waals surface area (Å²) in [5.74, 6) is 0.240. The lowest BCUT2D eigenvalue weighted by Crippen LogP contribution is -2.52. The summed E-state index contributed by atoms with van der Waals surface area (Å²) in [4.78, 5) is 11.9. The summed E-state index contributed by atoms with van der Waals surface area (Å²) in [5, 5.41) is 0. The van der Waals surface area contributed by atoms with Gasteiger partial charge >= 0.3 is 5.97 Å². The smallest absolute Gasteiger partial charge is 0.326 e. The third kappa shape index (κ3) is 4.64. The highest BCUT2D eigenvalue weighted by Gasteiger charge is 2.39. The Labute approximate surface area is 104 Å². The molecule has 1 fully saturated rings. The topological polar surface area (TPSA) is 61.6 Å². The number of esters is 1. The molecular formula is C13H25NO3. The zero-order valence-electron chi connectivity index (χ0n) is 11.2. The summed E-state index contributed by atoms with van der Waals surface area (Å²) < 4.78 is 10.5. The zero-order chi connectivity index (χ0) is 12.9. The standard InChI is InChI=1S/C13H25NO3/c1-10(2)16-7-8-17-12(15)13(14)6-4-5-11(3)9-13/h10-11H,4-9,14H2,1-3H3. The molecule has 0 spiro atoms. The van der Waals surface area contributed by atoms with Crippen molar-refractivity contribution >= 4 is 5.97 Å². The number of carbonyl (C=O) groups is 1. The highest BCUT2D eigenvalue weighted by Crippen LogP contribution is 2.31. The average molecular weight is 243 g/mol. The van der Waals surface area contributed by atoms with Crippen LogP contribution in [0.3, 0.4) is 0 Å². The Morgan fingerprint density at radius 2 is 2.18 bits per heavy atom. The van der Waals surface area contributed by atoms with E-state index in [-0.39, 0.29) is 12.1 Å². The van der Waals surface area contributed by atoms with Crippen LogP contribution in [-0.2, 0) is 14.3 Å². The van der Waals surface area contributed by atoms with E-state index in [4.69, 9.17) is 15.2 Å². The quantitative estimate of drug-likeness (QED) is 0.591. The van der Waals surface area contributed by atoms with Crippen molar-refractivity contribution in [2.75, 3.05) is 13.2 Å². The number of hydrogen-bond donors (Lipinski definition) is 1. The molecule has 100 valence electrons. The number of rotatable bonds is 5. The summed E-state index contributed by atoms with van der Waals surface area (Å²) in [6.07, 6.45) is 3.80. The lowest BCUT2D eigenvalue weighted by Gasteiger charge is -2.34. The van der Waals surface area contributed by atoms with Crippen molar-refractivity contribution in [3.05, 3.63) is 0 Å². The van der Waals surface area contributed by atoms with Gasteiger partial charge in [0.1, 0.15) is 12.1 Å². The van der Waals surface area contributed by atoms with E-state index in [9.17, 15) is 4.79 Å². The van der Waals surface area contributed by atoms with Gasteiger partial charge in [-0.3, -0.25) is 4.79 Å². The van der Waals surface area contributed by atoms with E-state index in [0.29, 0.717) is 19.1 Å². The molecule has 0 aromatic carbocycles. The lowest BCUT2D eigenvalue weighted by molar-refractivity contribution is -0.154. The van der Waals surface area contributed by atoms with Crippen molar-refractivity contribution in [1.29, 1.82) is 0 Å². The Bertz CT molecular complexity index is 255. The van der Waals surface area contributed by atoms with E-state index in [1.165, 1.54) is 0 Å². The van der Waals surface area contributed by atoms with E-state index in [1.807, 2.05) is 13.8 Å². The van der Waals surface area contributed by atoms with Gasteiger partial charge in [-0.1, -0.05) is 19.8 Å². The van der Waals surface area contributed by atoms with Crippen molar-refractivity contribution in [3.8, 4) is 0 Å². The van der Waals surface area contributed by atoms with Crippen molar-refractivity contribution < 1.29 is 14.3 Å². The van der Waals surface area contributed by atoms with Crippen molar-refractivity contribution in [2.24, 2.45) is 11.7 Å². The van der Waals surface area contributed by atoms with Crippen molar-refractivity contribution in [3.63, 3.8) is 0 Å². The van der Waals surface area contributed by atoms with E-state index in [0.717, 1.165) is 25.7 Å². The molecule has 0 saturated heterocycles. The van der Waals surface area contributed by atoms with Gasteiger partial charge in [0.05, 0.1) is 12.7 Å². The maximum atomic E-state index is 11.9. The highest BCUT2D eigenvalue weighted by molar-refractivity contribution is 5.80. The molecule has 0 amide bonds. The summed E-state index contributed by atoms with van der Waals surface area (Å²) in [6.45, 7) is 6.78. The van der Waals surface area contributed by atoms with Gasteiger partial charge in [-0.25, -0.2) is 0 Å². The van der Waals surface area contributed by atoms with Crippen LogP contribution in [0.5, 0.6) is 0 Å². The molecule has 1 aliphatic carbocycles. The fourth-order valence-corrected chi connectivity index (χ4v) is 2.34. The molecule has 4 nitrogen and oxygen atoms in total. The molecule has 0 bridgehead atoms. The zero-order valence-corrected chi connectivity index (χ0v) is 11.2. The molecule has 0 aromatic heterocycles. The second-order valence-electron chi connectivity index (χ2n) is 5.41. The summed E-state index contributed by atoms with van der Waals surface area (Å²) in [5.41, 5.74) is 5.35. The number of ether oxygens (including phenoxy) is 2. The van der Waals surface area contributed by atoms with Crippen molar-refractivity contribution in [1.82, 2.24) is 0 Å². The molecule has 0 aliphatic heterocycles. The predicted octanol–water partition coefficient (Wildman–Crippen LogP) is 1.86. The lowest BCUT2D eigenvalue weighted by atomic mass is 9.77. The molecule has 1 rings (SSSR count). The third-order valence-electron chi connectivity index (χ3n) is 3.21. The van der Waals surface area contributed by atoms with E-state index in [1.54, 1.807) is 0 Å². The monoisotopic (exact) mass is 243 g/mol. The molecular weight excluding hydrogens is 218 g/mol. The maximum Gasteiger partial charge on any atom is 0.326 e. The number of carbonyl (C=O) groups excluding carboxylic acids is 1. The first-order chi connectivity index (χ1) is 7.94. The van der Waals surface area contributed by atoms with Crippen molar-refractivity contribution in [2.45, 2.75) is 58.1 Å². The normalized spacial score (nSPS) is 29.4. The summed E-state index contributed by atoms with van der Waals surface area (Å²) in [7, 11) is 0. The first-order valence-corrected chi connectivity index (χ1v) is 6.52. The maximum absolute atomic E-state index is 11.9. The molecule has 17 heavy (non-hydrogen) atoms. The van der Waals surface area contributed by atoms with Gasteiger partial charge in [-0.05, 0) is 32.6 Å². The minimum absolute atomic E-state index is 0.162. The van der Waals surface area contributed by atoms with E-state index < -0.39 is 5.54 Å². The van der Waals surface area contributed by atoms with Gasteiger partial charge in [0.15, 0.2) is 0 Å².